The SMILES string of the molecule is Cc1cccc2nc(CC3CCCCN3)cn12. The maximum Gasteiger partial charge on any atom is 0.137 e. The van der Waals surface area contributed by atoms with E-state index in [1.165, 1.54) is 30.7 Å². The summed E-state index contributed by atoms with van der Waals surface area (Å²) in [6.07, 6.45) is 7.19. The summed E-state index contributed by atoms with van der Waals surface area (Å²) < 4.78 is 2.18. The molecular formula is C14H19N3. The highest BCUT2D eigenvalue weighted by Crippen LogP contribution is 2.14. The van der Waals surface area contributed by atoms with Crippen molar-refractivity contribution in [3.63, 3.8) is 0 Å². The molecule has 3 heterocycles. The lowest BCUT2D eigenvalue weighted by molar-refractivity contribution is 0.397. The van der Waals surface area contributed by atoms with E-state index in [9.17, 15) is 0 Å². The van der Waals surface area contributed by atoms with E-state index in [-0.39, 0.29) is 0 Å². The van der Waals surface area contributed by atoms with E-state index in [4.69, 9.17) is 4.98 Å². The van der Waals surface area contributed by atoms with Crippen molar-refractivity contribution in [1.82, 2.24) is 14.7 Å². The van der Waals surface area contributed by atoms with Crippen molar-refractivity contribution in [1.29, 1.82) is 0 Å². The molecule has 0 saturated carbocycles. The van der Waals surface area contributed by atoms with Crippen LogP contribution in [0.15, 0.2) is 24.4 Å². The van der Waals surface area contributed by atoms with Gasteiger partial charge in [0.1, 0.15) is 5.65 Å². The lowest BCUT2D eigenvalue weighted by Crippen LogP contribution is -2.35. The molecule has 1 N–H and O–H groups in total. The Morgan fingerprint density at radius 1 is 1.41 bits per heavy atom. The molecule has 1 atom stereocenters. The lowest BCUT2D eigenvalue weighted by atomic mass is 10.0. The van der Waals surface area contributed by atoms with Gasteiger partial charge in [-0.15, -0.1) is 0 Å². The Morgan fingerprint density at radius 2 is 2.35 bits per heavy atom. The third kappa shape index (κ3) is 2.20. The Kier molecular flexibility index (Phi) is 2.85. The van der Waals surface area contributed by atoms with Crippen LogP contribution in [0.5, 0.6) is 0 Å². The van der Waals surface area contributed by atoms with E-state index in [1.807, 2.05) is 0 Å². The molecule has 2 aromatic heterocycles. The first kappa shape index (κ1) is 10.8. The molecule has 3 nitrogen and oxygen atoms in total. The van der Waals surface area contributed by atoms with Gasteiger partial charge in [0.25, 0.3) is 0 Å². The fourth-order valence-corrected chi connectivity index (χ4v) is 2.65. The van der Waals surface area contributed by atoms with Gasteiger partial charge in [0.05, 0.1) is 5.69 Å². The molecule has 0 spiro atoms. The van der Waals surface area contributed by atoms with Gasteiger partial charge in [-0.3, -0.25) is 0 Å². The summed E-state index contributed by atoms with van der Waals surface area (Å²) >= 11 is 0. The van der Waals surface area contributed by atoms with Gasteiger partial charge in [0.2, 0.25) is 0 Å². The highest BCUT2D eigenvalue weighted by Gasteiger charge is 2.14. The molecule has 3 rings (SSSR count). The van der Waals surface area contributed by atoms with Crippen LogP contribution in [0.3, 0.4) is 0 Å². The summed E-state index contributed by atoms with van der Waals surface area (Å²) in [5, 5.41) is 3.58. The zero-order chi connectivity index (χ0) is 11.7. The minimum absolute atomic E-state index is 0.619. The Balaban J connectivity index is 1.83. The van der Waals surface area contributed by atoms with E-state index in [1.54, 1.807) is 0 Å². The van der Waals surface area contributed by atoms with Gasteiger partial charge in [0, 0.05) is 24.4 Å². The zero-order valence-electron chi connectivity index (χ0n) is 10.3. The third-order valence-electron chi connectivity index (χ3n) is 3.61. The van der Waals surface area contributed by atoms with Crippen molar-refractivity contribution < 1.29 is 0 Å². The summed E-state index contributed by atoms with van der Waals surface area (Å²) in [4.78, 5) is 4.69. The van der Waals surface area contributed by atoms with Crippen molar-refractivity contribution >= 4 is 5.65 Å². The Bertz CT molecular complexity index is 509. The number of aryl methyl sites for hydroxylation is 1. The number of nitrogens with one attached hydrogen (secondary N) is 1. The van der Waals surface area contributed by atoms with Gasteiger partial charge in [-0.1, -0.05) is 12.5 Å². The number of rotatable bonds is 2. The maximum atomic E-state index is 4.69. The number of imidazole rings is 1. The van der Waals surface area contributed by atoms with Gasteiger partial charge in [-0.05, 0) is 38.4 Å². The Morgan fingerprint density at radius 3 is 3.12 bits per heavy atom. The van der Waals surface area contributed by atoms with E-state index in [2.05, 4.69) is 41.0 Å². The molecule has 0 radical (unpaired) electrons. The van der Waals surface area contributed by atoms with Gasteiger partial charge >= 0.3 is 0 Å². The molecule has 0 amide bonds. The van der Waals surface area contributed by atoms with Crippen molar-refractivity contribution in [2.75, 3.05) is 6.54 Å². The monoisotopic (exact) mass is 229 g/mol. The van der Waals surface area contributed by atoms with E-state index in [0.29, 0.717) is 6.04 Å². The van der Waals surface area contributed by atoms with Crippen LogP contribution in [0.2, 0.25) is 0 Å². The number of aromatic nitrogens is 2. The van der Waals surface area contributed by atoms with E-state index < -0.39 is 0 Å². The summed E-state index contributed by atoms with van der Waals surface area (Å²) in [6, 6.07) is 6.89. The quantitative estimate of drug-likeness (QED) is 0.856. The number of nitrogens with zero attached hydrogens (tertiary/aromatic N) is 2. The lowest BCUT2D eigenvalue weighted by Gasteiger charge is -2.22. The van der Waals surface area contributed by atoms with Crippen LogP contribution in [0.1, 0.15) is 30.7 Å². The molecule has 0 bridgehead atoms. The molecule has 3 heteroatoms. The van der Waals surface area contributed by atoms with Crippen LogP contribution < -0.4 is 5.32 Å². The largest absolute Gasteiger partial charge is 0.314 e. The van der Waals surface area contributed by atoms with Crippen molar-refractivity contribution in [3.05, 3.63) is 35.8 Å². The Hall–Kier alpha value is -1.35. The van der Waals surface area contributed by atoms with Gasteiger partial charge in [-0.25, -0.2) is 4.98 Å². The van der Waals surface area contributed by atoms with Crippen molar-refractivity contribution in [3.8, 4) is 0 Å². The first-order chi connectivity index (χ1) is 8.33. The van der Waals surface area contributed by atoms with Crippen LogP contribution in [-0.2, 0) is 6.42 Å². The Labute approximate surface area is 102 Å². The number of fused-ring (bicyclic) bond motifs is 1. The maximum absolute atomic E-state index is 4.69. The third-order valence-corrected chi connectivity index (χ3v) is 3.61. The van der Waals surface area contributed by atoms with E-state index in [0.717, 1.165) is 18.6 Å². The summed E-state index contributed by atoms with van der Waals surface area (Å²) in [5.41, 5.74) is 3.52. The second-order valence-corrected chi connectivity index (χ2v) is 4.98. The van der Waals surface area contributed by atoms with E-state index >= 15 is 0 Å². The molecule has 90 valence electrons. The molecular weight excluding hydrogens is 210 g/mol. The van der Waals surface area contributed by atoms with Crippen LogP contribution >= 0.6 is 0 Å². The summed E-state index contributed by atoms with van der Waals surface area (Å²) in [5.74, 6) is 0. The van der Waals surface area contributed by atoms with Crippen LogP contribution in [-0.4, -0.2) is 22.0 Å². The topological polar surface area (TPSA) is 29.3 Å². The molecule has 2 aromatic rings. The second-order valence-electron chi connectivity index (χ2n) is 4.98. The van der Waals surface area contributed by atoms with Crippen LogP contribution in [0.25, 0.3) is 5.65 Å². The smallest absolute Gasteiger partial charge is 0.137 e. The number of pyridine rings is 1. The average molecular weight is 229 g/mol. The second kappa shape index (κ2) is 4.49. The molecule has 1 saturated heterocycles. The predicted octanol–water partition coefficient (Wildman–Crippen LogP) is 2.33. The van der Waals surface area contributed by atoms with Crippen LogP contribution in [0, 0.1) is 6.92 Å². The fraction of sp³-hybridized carbons (Fsp3) is 0.500. The number of hydrogen-bond acceptors (Lipinski definition) is 2. The highest BCUT2D eigenvalue weighted by atomic mass is 15.0. The molecule has 0 aromatic carbocycles. The first-order valence-electron chi connectivity index (χ1n) is 6.50. The van der Waals surface area contributed by atoms with Gasteiger partial charge < -0.3 is 9.72 Å². The summed E-state index contributed by atoms with van der Waals surface area (Å²) in [7, 11) is 0. The molecule has 1 unspecified atom stereocenters. The molecule has 1 aliphatic rings. The first-order valence-corrected chi connectivity index (χ1v) is 6.50. The highest BCUT2D eigenvalue weighted by molar-refractivity contribution is 5.41. The summed E-state index contributed by atoms with van der Waals surface area (Å²) in [6.45, 7) is 3.29. The predicted molar refractivity (Wildman–Crippen MR) is 69.3 cm³/mol. The molecule has 17 heavy (non-hydrogen) atoms. The normalized spacial score (nSPS) is 20.9. The fourth-order valence-electron chi connectivity index (χ4n) is 2.65. The van der Waals surface area contributed by atoms with Crippen molar-refractivity contribution in [2.24, 2.45) is 0 Å². The number of hydrogen-bond donors (Lipinski definition) is 1. The molecule has 1 aliphatic heterocycles. The standard InChI is InChI=1S/C14H19N3/c1-11-5-4-7-14-16-13(10-17(11)14)9-12-6-2-3-8-15-12/h4-5,7,10,12,15H,2-3,6,8-9H2,1H3. The van der Waals surface area contributed by atoms with Crippen LogP contribution in [0.4, 0.5) is 0 Å². The van der Waals surface area contributed by atoms with Gasteiger partial charge in [-0.2, -0.15) is 0 Å². The molecule has 0 aliphatic carbocycles. The zero-order valence-corrected chi connectivity index (χ0v) is 10.3. The number of piperidine rings is 1. The molecule has 1 fully saturated rings. The minimum Gasteiger partial charge on any atom is -0.314 e. The van der Waals surface area contributed by atoms with Crippen molar-refractivity contribution in [2.45, 2.75) is 38.6 Å². The van der Waals surface area contributed by atoms with Gasteiger partial charge in [0.15, 0.2) is 0 Å². The average Bonchev–Trinajstić information content (AvgIpc) is 2.74. The minimum atomic E-state index is 0.619.